The molecule has 0 spiro atoms. The van der Waals surface area contributed by atoms with E-state index in [9.17, 15) is 0 Å². The normalized spacial score (nSPS) is 10.6. The Hall–Kier alpha value is -2.43. The smallest absolute Gasteiger partial charge is 0.212 e. The maximum Gasteiger partial charge on any atom is 0.212 e. The first-order chi connectivity index (χ1) is 8.38. The Labute approximate surface area is 97.7 Å². The zero-order chi connectivity index (χ0) is 11.7. The molecule has 0 saturated heterocycles. The van der Waals surface area contributed by atoms with E-state index < -0.39 is 0 Å². The van der Waals surface area contributed by atoms with Crippen LogP contribution in [0.4, 0.5) is 0 Å². The molecule has 0 saturated carbocycles. The first-order valence-electron chi connectivity index (χ1n) is 5.17. The van der Waals surface area contributed by atoms with E-state index in [0.717, 1.165) is 16.8 Å². The van der Waals surface area contributed by atoms with Crippen LogP contribution in [-0.2, 0) is 0 Å². The summed E-state index contributed by atoms with van der Waals surface area (Å²) in [5.41, 5.74) is 2.81. The maximum atomic E-state index is 5.03. The van der Waals surface area contributed by atoms with Crippen molar-refractivity contribution in [3.8, 4) is 17.0 Å². The van der Waals surface area contributed by atoms with Gasteiger partial charge in [0.25, 0.3) is 0 Å². The van der Waals surface area contributed by atoms with Crippen molar-refractivity contribution in [3.63, 3.8) is 0 Å². The Bertz CT molecular complexity index is 645. The lowest BCUT2D eigenvalue weighted by Crippen LogP contribution is -1.91. The fraction of sp³-hybridized carbons (Fsp3) is 0.0833. The first-order valence-corrected chi connectivity index (χ1v) is 5.17. The summed E-state index contributed by atoms with van der Waals surface area (Å²) in [7, 11) is 1.60. The highest BCUT2D eigenvalue weighted by molar-refractivity contribution is 5.76. The van der Waals surface area contributed by atoms with Gasteiger partial charge in [0.2, 0.25) is 5.88 Å². The Morgan fingerprint density at radius 1 is 1.18 bits per heavy atom. The van der Waals surface area contributed by atoms with E-state index in [4.69, 9.17) is 4.74 Å². The molecule has 3 aromatic heterocycles. The molecular formula is C12H10N4O. The second-order valence-electron chi connectivity index (χ2n) is 3.54. The zero-order valence-electron chi connectivity index (χ0n) is 9.24. The summed E-state index contributed by atoms with van der Waals surface area (Å²) in [4.78, 5) is 8.42. The van der Waals surface area contributed by atoms with Crippen LogP contribution < -0.4 is 4.74 Å². The molecule has 0 fully saturated rings. The van der Waals surface area contributed by atoms with Gasteiger partial charge in [-0.1, -0.05) is 0 Å². The lowest BCUT2D eigenvalue weighted by molar-refractivity contribution is 0.398. The monoisotopic (exact) mass is 226 g/mol. The fourth-order valence-corrected chi connectivity index (χ4v) is 1.73. The second kappa shape index (κ2) is 3.86. The van der Waals surface area contributed by atoms with Crippen LogP contribution in [0.15, 0.2) is 43.0 Å². The van der Waals surface area contributed by atoms with E-state index in [0.29, 0.717) is 5.88 Å². The highest BCUT2D eigenvalue weighted by Crippen LogP contribution is 2.23. The Morgan fingerprint density at radius 2 is 2.12 bits per heavy atom. The highest BCUT2D eigenvalue weighted by Gasteiger charge is 2.06. The summed E-state index contributed by atoms with van der Waals surface area (Å²) in [6, 6.07) is 7.71. The zero-order valence-corrected chi connectivity index (χ0v) is 9.24. The number of fused-ring (bicyclic) bond motifs is 1. The molecule has 3 aromatic rings. The molecule has 0 N–H and O–H groups in total. The molecule has 0 aliphatic heterocycles. The third kappa shape index (κ3) is 1.61. The number of methoxy groups -OCH3 is 1. The maximum absolute atomic E-state index is 5.03. The van der Waals surface area contributed by atoms with E-state index in [1.807, 2.05) is 30.5 Å². The average Bonchev–Trinajstić information content (AvgIpc) is 2.87. The van der Waals surface area contributed by atoms with Crippen molar-refractivity contribution in [3.05, 3.63) is 43.0 Å². The first kappa shape index (κ1) is 9.77. The van der Waals surface area contributed by atoms with Crippen molar-refractivity contribution in [2.24, 2.45) is 0 Å². The van der Waals surface area contributed by atoms with Crippen molar-refractivity contribution >= 4 is 5.65 Å². The number of hydrogen-bond donors (Lipinski definition) is 0. The SMILES string of the molecule is COc1ccc(-c2cccn3ncnc23)cn1. The Balaban J connectivity index is 2.16. The number of nitrogens with zero attached hydrogens (tertiary/aromatic N) is 4. The van der Waals surface area contributed by atoms with Gasteiger partial charge in [0.05, 0.1) is 7.11 Å². The molecule has 0 aromatic carbocycles. The molecule has 0 atom stereocenters. The lowest BCUT2D eigenvalue weighted by atomic mass is 10.1. The molecule has 0 aliphatic carbocycles. The van der Waals surface area contributed by atoms with E-state index in [1.165, 1.54) is 6.33 Å². The summed E-state index contributed by atoms with van der Waals surface area (Å²) in [5, 5.41) is 4.10. The summed E-state index contributed by atoms with van der Waals surface area (Å²) < 4.78 is 6.77. The van der Waals surface area contributed by atoms with Crippen molar-refractivity contribution < 1.29 is 4.74 Å². The molecule has 3 heterocycles. The largest absolute Gasteiger partial charge is 0.481 e. The molecule has 5 heteroatoms. The van der Waals surface area contributed by atoms with Crippen LogP contribution in [0.2, 0.25) is 0 Å². The molecule has 17 heavy (non-hydrogen) atoms. The van der Waals surface area contributed by atoms with Gasteiger partial charge in [-0.05, 0) is 18.2 Å². The summed E-state index contributed by atoms with van der Waals surface area (Å²) in [5.74, 6) is 0.599. The molecule has 0 amide bonds. The van der Waals surface area contributed by atoms with Crippen LogP contribution in [0.1, 0.15) is 0 Å². The summed E-state index contributed by atoms with van der Waals surface area (Å²) in [6.07, 6.45) is 5.17. The number of ether oxygens (including phenoxy) is 1. The molecule has 0 unspecified atom stereocenters. The minimum Gasteiger partial charge on any atom is -0.481 e. The quantitative estimate of drug-likeness (QED) is 0.668. The van der Waals surface area contributed by atoms with Gasteiger partial charge in [-0.2, -0.15) is 5.10 Å². The van der Waals surface area contributed by atoms with Gasteiger partial charge in [0, 0.05) is 29.6 Å². The minimum atomic E-state index is 0.599. The van der Waals surface area contributed by atoms with E-state index >= 15 is 0 Å². The Kier molecular flexibility index (Phi) is 2.22. The topological polar surface area (TPSA) is 52.3 Å². The van der Waals surface area contributed by atoms with Gasteiger partial charge in [-0.25, -0.2) is 14.5 Å². The van der Waals surface area contributed by atoms with Crippen LogP contribution in [0.5, 0.6) is 5.88 Å². The van der Waals surface area contributed by atoms with Crippen LogP contribution >= 0.6 is 0 Å². The summed E-state index contributed by atoms with van der Waals surface area (Å²) in [6.45, 7) is 0. The second-order valence-corrected chi connectivity index (χ2v) is 3.54. The molecule has 0 aliphatic rings. The van der Waals surface area contributed by atoms with Gasteiger partial charge in [0.15, 0.2) is 5.65 Å². The highest BCUT2D eigenvalue weighted by atomic mass is 16.5. The third-order valence-electron chi connectivity index (χ3n) is 2.56. The fourth-order valence-electron chi connectivity index (χ4n) is 1.73. The average molecular weight is 226 g/mol. The van der Waals surface area contributed by atoms with E-state index in [2.05, 4.69) is 15.1 Å². The predicted molar refractivity (Wildman–Crippen MR) is 62.8 cm³/mol. The van der Waals surface area contributed by atoms with E-state index in [-0.39, 0.29) is 0 Å². The van der Waals surface area contributed by atoms with Crippen LogP contribution in [0.25, 0.3) is 16.8 Å². The number of pyridine rings is 2. The van der Waals surface area contributed by atoms with Gasteiger partial charge in [0.1, 0.15) is 6.33 Å². The molecule has 3 rings (SSSR count). The minimum absolute atomic E-state index is 0.599. The molecule has 0 bridgehead atoms. The van der Waals surface area contributed by atoms with Gasteiger partial charge in [-0.15, -0.1) is 0 Å². The van der Waals surface area contributed by atoms with Crippen molar-refractivity contribution in [1.82, 2.24) is 19.6 Å². The standard InChI is InChI=1S/C12H10N4O/c1-17-11-5-4-9(7-13-11)10-3-2-6-16-12(10)14-8-15-16/h2-8H,1H3. The number of hydrogen-bond acceptors (Lipinski definition) is 4. The van der Waals surface area contributed by atoms with Crippen LogP contribution in [-0.4, -0.2) is 26.7 Å². The van der Waals surface area contributed by atoms with Crippen molar-refractivity contribution in [2.45, 2.75) is 0 Å². The lowest BCUT2D eigenvalue weighted by Gasteiger charge is -2.03. The van der Waals surface area contributed by atoms with Crippen molar-refractivity contribution in [1.29, 1.82) is 0 Å². The van der Waals surface area contributed by atoms with Gasteiger partial charge >= 0.3 is 0 Å². The van der Waals surface area contributed by atoms with Crippen LogP contribution in [0.3, 0.4) is 0 Å². The molecule has 84 valence electrons. The molecular weight excluding hydrogens is 216 g/mol. The van der Waals surface area contributed by atoms with Crippen molar-refractivity contribution in [2.75, 3.05) is 7.11 Å². The van der Waals surface area contributed by atoms with E-state index in [1.54, 1.807) is 17.8 Å². The number of aromatic nitrogens is 4. The molecule has 5 nitrogen and oxygen atoms in total. The summed E-state index contributed by atoms with van der Waals surface area (Å²) >= 11 is 0. The Morgan fingerprint density at radius 3 is 2.88 bits per heavy atom. The van der Waals surface area contributed by atoms with Crippen LogP contribution in [0, 0.1) is 0 Å². The van der Waals surface area contributed by atoms with Gasteiger partial charge < -0.3 is 4.74 Å². The molecule has 0 radical (unpaired) electrons. The van der Waals surface area contributed by atoms with Gasteiger partial charge in [-0.3, -0.25) is 0 Å². The predicted octanol–water partition coefficient (Wildman–Crippen LogP) is 1.80. The number of rotatable bonds is 2. The third-order valence-corrected chi connectivity index (χ3v) is 2.56.